The number of hydrogen-bond acceptors (Lipinski definition) is 2. The predicted molar refractivity (Wildman–Crippen MR) is 109 cm³/mol. The molecule has 146 valence electrons. The summed E-state index contributed by atoms with van der Waals surface area (Å²) in [6.45, 7) is 0. The molecule has 1 aliphatic rings. The fourth-order valence-corrected chi connectivity index (χ4v) is 5.56. The maximum atomic E-state index is 6.35. The predicted octanol–water partition coefficient (Wildman–Crippen LogP) is -1.00. The first-order valence-corrected chi connectivity index (χ1v) is 10.8. The van der Waals surface area contributed by atoms with Crippen LogP contribution in [0.1, 0.15) is 11.1 Å². The monoisotopic (exact) mass is 466 g/mol. The molecule has 0 bridgehead atoms. The molecule has 0 radical (unpaired) electrons. The second-order valence-electron chi connectivity index (χ2n) is 7.07. The molecule has 0 atom stereocenters. The Morgan fingerprint density at radius 1 is 0.833 bits per heavy atom. The zero-order chi connectivity index (χ0) is 18.5. The van der Waals surface area contributed by atoms with E-state index in [0.717, 1.165) is 23.1 Å². The number of hydrogen-bond donors (Lipinski definition) is 1. The van der Waals surface area contributed by atoms with Crippen LogP contribution in [0.4, 0.5) is 0 Å². The van der Waals surface area contributed by atoms with E-state index < -0.39 is 19.5 Å². The molecule has 5 aromatic rings. The molecule has 0 saturated carbocycles. The Hall–Kier alpha value is -2.30. The second kappa shape index (κ2) is 8.45. The molecule has 30 heavy (non-hydrogen) atoms. The molecule has 0 saturated heterocycles. The van der Waals surface area contributed by atoms with Crippen LogP contribution in [0, 0.1) is 0 Å². The summed E-state index contributed by atoms with van der Waals surface area (Å²) in [5.74, 6) is 0.887. The maximum absolute atomic E-state index is 6.35. The number of nitrogens with zero attached hydrogens (tertiary/aromatic N) is 1. The van der Waals surface area contributed by atoms with Gasteiger partial charge in [-0.3, -0.25) is 0 Å². The molecule has 3 nitrogen and oxygen atoms in total. The minimum atomic E-state index is -0.772. The van der Waals surface area contributed by atoms with E-state index in [1.54, 1.807) is 0 Å². The first-order valence-electron chi connectivity index (χ1n) is 9.37. The molecule has 6 rings (SSSR count). The molecule has 2 heterocycles. The number of aromatic nitrogens is 2. The first-order chi connectivity index (χ1) is 13.9. The zero-order valence-electron chi connectivity index (χ0n) is 15.8. The van der Waals surface area contributed by atoms with Gasteiger partial charge in [0, 0.05) is 0 Å². The summed E-state index contributed by atoms with van der Waals surface area (Å²) in [6, 6.07) is 25.4. The molecule has 0 amide bonds. The van der Waals surface area contributed by atoms with Crippen LogP contribution in [0.3, 0.4) is 0 Å². The zero-order valence-corrected chi connectivity index (χ0v) is 18.9. The number of para-hydroxylation sites is 2. The summed E-state index contributed by atoms with van der Waals surface area (Å²) >= 11 is -0.772. The van der Waals surface area contributed by atoms with Crippen LogP contribution in [0.15, 0.2) is 79.0 Å². The van der Waals surface area contributed by atoms with Crippen LogP contribution in [0.2, 0.25) is 0 Å². The van der Waals surface area contributed by atoms with Crippen LogP contribution in [-0.2, 0) is 26.0 Å². The van der Waals surface area contributed by atoms with Gasteiger partial charge in [0.15, 0.2) is 0 Å². The van der Waals surface area contributed by atoms with Gasteiger partial charge >= 0.3 is 172 Å². The van der Waals surface area contributed by atoms with Crippen molar-refractivity contribution < 1.29 is 47.7 Å². The third-order valence-electron chi connectivity index (χ3n) is 5.48. The van der Waals surface area contributed by atoms with Gasteiger partial charge in [0.05, 0.1) is 0 Å². The molecule has 0 aliphatic heterocycles. The number of fused-ring (bicyclic) bond motifs is 6. The molecule has 0 spiro atoms. The third-order valence-corrected chi connectivity index (χ3v) is 7.06. The SMILES string of the molecule is [Cl-].[Cl-].c1c[c]([Ti+2][O]c2cccc3cccnc23)c2c(c1)-c1[nH]c3ccccc3c1C2. The van der Waals surface area contributed by atoms with E-state index >= 15 is 0 Å². The van der Waals surface area contributed by atoms with Gasteiger partial charge in [-0.1, -0.05) is 0 Å². The molecule has 2 aromatic heterocycles. The summed E-state index contributed by atoms with van der Waals surface area (Å²) in [4.78, 5) is 8.13. The number of nitrogens with one attached hydrogen (secondary N) is 1. The van der Waals surface area contributed by atoms with Gasteiger partial charge in [0.2, 0.25) is 0 Å². The number of aromatic amines is 1. The van der Waals surface area contributed by atoms with Crippen molar-refractivity contribution in [1.82, 2.24) is 9.97 Å². The molecule has 3 aromatic carbocycles. The Morgan fingerprint density at radius 2 is 1.67 bits per heavy atom. The topological polar surface area (TPSA) is 37.9 Å². The minimum absolute atomic E-state index is 0. The molecule has 0 unspecified atom stereocenters. The van der Waals surface area contributed by atoms with Crippen molar-refractivity contribution in [3.05, 3.63) is 90.1 Å². The van der Waals surface area contributed by atoms with Gasteiger partial charge in [-0.25, -0.2) is 0 Å². The summed E-state index contributed by atoms with van der Waals surface area (Å²) in [5, 5.41) is 2.45. The Kier molecular flexibility index (Phi) is 5.90. The first kappa shape index (κ1) is 21.0. The fraction of sp³-hybridized carbons (Fsp3) is 0.0417. The Labute approximate surface area is 196 Å². The van der Waals surface area contributed by atoms with E-state index in [2.05, 4.69) is 64.6 Å². The number of halogens is 2. The Morgan fingerprint density at radius 3 is 2.60 bits per heavy atom. The number of benzene rings is 3. The molecular weight excluding hydrogens is 451 g/mol. The summed E-state index contributed by atoms with van der Waals surface area (Å²) in [6.07, 6.45) is 2.80. The van der Waals surface area contributed by atoms with E-state index in [4.69, 9.17) is 3.32 Å². The van der Waals surface area contributed by atoms with Crippen LogP contribution < -0.4 is 32.0 Å². The molecule has 1 N–H and O–H groups in total. The van der Waals surface area contributed by atoms with Gasteiger partial charge in [0.25, 0.3) is 0 Å². The summed E-state index contributed by atoms with van der Waals surface area (Å²) < 4.78 is 7.71. The van der Waals surface area contributed by atoms with Crippen molar-refractivity contribution in [1.29, 1.82) is 0 Å². The van der Waals surface area contributed by atoms with Crippen LogP contribution >= 0.6 is 0 Å². The van der Waals surface area contributed by atoms with Crippen molar-refractivity contribution in [3.63, 3.8) is 0 Å². The standard InChI is InChI=1S/C15H10N.C9H7NO.2ClH.Ti/c1-2-6-11-10(5-1)9-13-12-7-3-4-8-14(12)16-15(11)13;11-8-5-1-3-7-4-2-6-10-9(7)8;;;/h1-4,6-8,16H,9H2;1-6,11H;2*1H;/q;;;;+3/p-3. The number of pyridine rings is 1. The van der Waals surface area contributed by atoms with Crippen LogP contribution in [-0.4, -0.2) is 9.97 Å². The van der Waals surface area contributed by atoms with Crippen molar-refractivity contribution in [2.75, 3.05) is 0 Å². The average molecular weight is 467 g/mol. The molecule has 0 fully saturated rings. The second-order valence-corrected chi connectivity index (χ2v) is 8.55. The van der Waals surface area contributed by atoms with Crippen molar-refractivity contribution in [2.24, 2.45) is 0 Å². The van der Waals surface area contributed by atoms with Gasteiger partial charge in [0.1, 0.15) is 0 Å². The van der Waals surface area contributed by atoms with Gasteiger partial charge in [-0.2, -0.15) is 0 Å². The van der Waals surface area contributed by atoms with Crippen LogP contribution in [0.25, 0.3) is 33.1 Å². The fourth-order valence-electron chi connectivity index (χ4n) is 4.17. The van der Waals surface area contributed by atoms with Crippen molar-refractivity contribution in [3.8, 4) is 17.0 Å². The van der Waals surface area contributed by atoms with Crippen molar-refractivity contribution in [2.45, 2.75) is 6.42 Å². The normalized spacial score (nSPS) is 11.2. The van der Waals surface area contributed by atoms with E-state index in [-0.39, 0.29) is 24.8 Å². The van der Waals surface area contributed by atoms with Gasteiger partial charge in [-0.15, -0.1) is 0 Å². The third kappa shape index (κ3) is 3.32. The van der Waals surface area contributed by atoms with Crippen LogP contribution in [0.5, 0.6) is 5.75 Å². The molecule has 6 heteroatoms. The van der Waals surface area contributed by atoms with Gasteiger partial charge < -0.3 is 24.8 Å². The van der Waals surface area contributed by atoms with Crippen molar-refractivity contribution >= 4 is 25.7 Å². The van der Waals surface area contributed by atoms with Gasteiger partial charge in [-0.05, 0) is 0 Å². The average Bonchev–Trinajstić information content (AvgIpc) is 3.29. The Balaban J connectivity index is 0.00000109. The van der Waals surface area contributed by atoms with E-state index in [0.29, 0.717) is 0 Å². The molecule has 1 aliphatic carbocycles. The number of rotatable bonds is 3. The molecular formula is C24H16Cl2N2OTi. The number of H-pyrrole nitrogens is 1. The van der Waals surface area contributed by atoms with E-state index in [1.165, 1.54) is 37.2 Å². The van der Waals surface area contributed by atoms with E-state index in [1.807, 2.05) is 24.4 Å². The quantitative estimate of drug-likeness (QED) is 0.340. The summed E-state index contributed by atoms with van der Waals surface area (Å²) in [5.41, 5.74) is 7.60. The Bertz CT molecular complexity index is 1360. The van der Waals surface area contributed by atoms with E-state index in [9.17, 15) is 0 Å². The summed E-state index contributed by atoms with van der Waals surface area (Å²) in [7, 11) is 0.